The average Bonchev–Trinajstić information content (AvgIpc) is 3.39. The molecule has 3 heterocycles. The lowest BCUT2D eigenvalue weighted by atomic mass is 10.1. The van der Waals surface area contributed by atoms with Crippen molar-refractivity contribution in [1.82, 2.24) is 19.8 Å². The van der Waals surface area contributed by atoms with Gasteiger partial charge in [-0.25, -0.2) is 4.98 Å². The second-order valence-electron chi connectivity index (χ2n) is 7.16. The summed E-state index contributed by atoms with van der Waals surface area (Å²) in [7, 11) is 1.85. The van der Waals surface area contributed by atoms with Crippen LogP contribution in [0.5, 0.6) is 0 Å². The van der Waals surface area contributed by atoms with Crippen molar-refractivity contribution in [3.8, 4) is 0 Å². The van der Waals surface area contributed by atoms with Crippen LogP contribution in [-0.2, 0) is 16.0 Å². The van der Waals surface area contributed by atoms with Crippen molar-refractivity contribution >= 4 is 41.0 Å². The zero-order valence-corrected chi connectivity index (χ0v) is 18.7. The van der Waals surface area contributed by atoms with Crippen molar-refractivity contribution in [2.75, 3.05) is 39.9 Å². The van der Waals surface area contributed by atoms with E-state index in [2.05, 4.69) is 43.0 Å². The Morgan fingerprint density at radius 2 is 2.11 bits per heavy atom. The number of aromatic nitrogens is 2. The Morgan fingerprint density at radius 1 is 1.25 bits per heavy atom. The number of rotatable bonds is 5. The number of aliphatic imine (C=N–C) groups is 1. The number of ether oxygens (including phenoxy) is 2. The second kappa shape index (κ2) is 10.4. The van der Waals surface area contributed by atoms with Crippen LogP contribution in [0.2, 0.25) is 0 Å². The molecule has 2 unspecified atom stereocenters. The summed E-state index contributed by atoms with van der Waals surface area (Å²) in [5.74, 6) is 0.955. The molecule has 8 heteroatoms. The molecule has 0 spiro atoms. The van der Waals surface area contributed by atoms with Crippen molar-refractivity contribution in [2.45, 2.75) is 38.0 Å². The standard InChI is InChI=1S/C20H29N5O2.HI/c1-21-20(24-11-13-27-19(14-24)18-8-4-12-26-18)22-9-5-10-25-15-23-16-6-2-3-7-17(16)25;/h2-3,6-7,15,18-19H,4-5,8-14H2,1H3,(H,21,22);1H. The number of para-hydroxylation sites is 2. The monoisotopic (exact) mass is 499 g/mol. The highest BCUT2D eigenvalue weighted by Gasteiger charge is 2.32. The molecule has 1 N–H and O–H groups in total. The Hall–Kier alpha value is -1.39. The molecule has 0 amide bonds. The van der Waals surface area contributed by atoms with Crippen molar-refractivity contribution < 1.29 is 9.47 Å². The molecule has 1 aromatic carbocycles. The van der Waals surface area contributed by atoms with Gasteiger partial charge in [-0.1, -0.05) is 12.1 Å². The third-order valence-electron chi connectivity index (χ3n) is 5.37. The number of nitrogens with zero attached hydrogens (tertiary/aromatic N) is 4. The van der Waals surface area contributed by atoms with Crippen molar-refractivity contribution in [3.63, 3.8) is 0 Å². The third-order valence-corrected chi connectivity index (χ3v) is 5.37. The van der Waals surface area contributed by atoms with Crippen LogP contribution in [0.4, 0.5) is 0 Å². The number of halogens is 1. The molecule has 2 aromatic rings. The number of benzene rings is 1. The molecular weight excluding hydrogens is 469 g/mol. The Balaban J connectivity index is 0.00000225. The predicted molar refractivity (Wildman–Crippen MR) is 121 cm³/mol. The van der Waals surface area contributed by atoms with Crippen LogP contribution < -0.4 is 5.32 Å². The third kappa shape index (κ3) is 4.96. The highest BCUT2D eigenvalue weighted by Crippen LogP contribution is 2.21. The molecule has 0 bridgehead atoms. The normalized spacial score (nSPS) is 23.0. The maximum atomic E-state index is 5.94. The molecule has 0 aliphatic carbocycles. The first-order valence-electron chi connectivity index (χ1n) is 9.94. The number of morpholine rings is 1. The molecule has 1 aromatic heterocycles. The number of fused-ring (bicyclic) bond motifs is 1. The summed E-state index contributed by atoms with van der Waals surface area (Å²) in [6.07, 6.45) is 5.56. The first-order valence-corrected chi connectivity index (χ1v) is 9.94. The second-order valence-corrected chi connectivity index (χ2v) is 7.16. The first-order chi connectivity index (χ1) is 13.3. The van der Waals surface area contributed by atoms with E-state index in [1.54, 1.807) is 0 Å². The predicted octanol–water partition coefficient (Wildman–Crippen LogP) is 2.50. The maximum Gasteiger partial charge on any atom is 0.193 e. The van der Waals surface area contributed by atoms with E-state index in [1.807, 2.05) is 19.4 Å². The molecular formula is C20H30IN5O2. The van der Waals surface area contributed by atoms with Crippen LogP contribution in [0, 0.1) is 0 Å². The largest absolute Gasteiger partial charge is 0.375 e. The molecule has 7 nitrogen and oxygen atoms in total. The van der Waals surface area contributed by atoms with Crippen LogP contribution in [0.15, 0.2) is 35.6 Å². The van der Waals surface area contributed by atoms with E-state index in [1.165, 1.54) is 5.52 Å². The van der Waals surface area contributed by atoms with E-state index in [9.17, 15) is 0 Å². The van der Waals surface area contributed by atoms with Gasteiger partial charge in [0.25, 0.3) is 0 Å². The van der Waals surface area contributed by atoms with Gasteiger partial charge in [0.15, 0.2) is 5.96 Å². The minimum absolute atomic E-state index is 0. The smallest absolute Gasteiger partial charge is 0.193 e. The van der Waals surface area contributed by atoms with Crippen molar-refractivity contribution in [1.29, 1.82) is 0 Å². The van der Waals surface area contributed by atoms with Crippen LogP contribution in [0.25, 0.3) is 11.0 Å². The summed E-state index contributed by atoms with van der Waals surface area (Å²) in [5.41, 5.74) is 2.24. The fourth-order valence-electron chi connectivity index (χ4n) is 3.96. The van der Waals surface area contributed by atoms with Crippen LogP contribution >= 0.6 is 24.0 Å². The van der Waals surface area contributed by atoms with Crippen LogP contribution in [0.1, 0.15) is 19.3 Å². The highest BCUT2D eigenvalue weighted by atomic mass is 127. The van der Waals surface area contributed by atoms with E-state index in [0.29, 0.717) is 0 Å². The van der Waals surface area contributed by atoms with Gasteiger partial charge in [-0.05, 0) is 31.4 Å². The summed E-state index contributed by atoms with van der Waals surface area (Å²) < 4.78 is 14.0. The van der Waals surface area contributed by atoms with E-state index in [0.717, 1.165) is 70.1 Å². The van der Waals surface area contributed by atoms with Crippen LogP contribution in [-0.4, -0.2) is 72.5 Å². The van der Waals surface area contributed by atoms with E-state index in [4.69, 9.17) is 9.47 Å². The number of guanidine groups is 1. The molecule has 4 rings (SSSR count). The number of hydrogen-bond donors (Lipinski definition) is 1. The van der Waals surface area contributed by atoms with Gasteiger partial charge >= 0.3 is 0 Å². The number of nitrogens with one attached hydrogen (secondary N) is 1. The average molecular weight is 499 g/mol. The van der Waals surface area contributed by atoms with E-state index >= 15 is 0 Å². The molecule has 0 radical (unpaired) electrons. The number of aryl methyl sites for hydroxylation is 1. The van der Waals surface area contributed by atoms with Gasteiger partial charge in [-0.3, -0.25) is 4.99 Å². The Kier molecular flexibility index (Phi) is 7.92. The van der Waals surface area contributed by atoms with Gasteiger partial charge in [-0.15, -0.1) is 24.0 Å². The fraction of sp³-hybridized carbons (Fsp3) is 0.600. The SMILES string of the molecule is CN=C(NCCCn1cnc2ccccc21)N1CCOC(C2CCCO2)C1.I. The minimum atomic E-state index is 0. The molecule has 2 aliphatic heterocycles. The summed E-state index contributed by atoms with van der Waals surface area (Å²) in [6, 6.07) is 8.25. The molecule has 2 atom stereocenters. The van der Waals surface area contributed by atoms with Gasteiger partial charge < -0.3 is 24.3 Å². The van der Waals surface area contributed by atoms with Gasteiger partial charge in [-0.2, -0.15) is 0 Å². The first kappa shape index (κ1) is 21.3. The van der Waals surface area contributed by atoms with Gasteiger partial charge in [0.1, 0.15) is 6.10 Å². The minimum Gasteiger partial charge on any atom is -0.375 e. The quantitative estimate of drug-likeness (QED) is 0.297. The lowest BCUT2D eigenvalue weighted by Crippen LogP contribution is -2.53. The zero-order chi connectivity index (χ0) is 18.5. The van der Waals surface area contributed by atoms with E-state index < -0.39 is 0 Å². The fourth-order valence-corrected chi connectivity index (χ4v) is 3.96. The molecule has 2 aliphatic rings. The molecule has 154 valence electrons. The number of imidazole rings is 1. The summed E-state index contributed by atoms with van der Waals surface area (Å²) in [6.45, 7) is 5.12. The lowest BCUT2D eigenvalue weighted by molar-refractivity contribution is -0.0816. The lowest BCUT2D eigenvalue weighted by Gasteiger charge is -2.37. The molecule has 2 saturated heterocycles. The Bertz CT molecular complexity index is 775. The van der Waals surface area contributed by atoms with Gasteiger partial charge in [0.2, 0.25) is 0 Å². The molecule has 0 saturated carbocycles. The summed E-state index contributed by atoms with van der Waals surface area (Å²) in [5, 5.41) is 3.51. The summed E-state index contributed by atoms with van der Waals surface area (Å²) in [4.78, 5) is 11.2. The Labute approximate surface area is 183 Å². The molecule has 28 heavy (non-hydrogen) atoms. The van der Waals surface area contributed by atoms with Gasteiger partial charge in [0.05, 0.1) is 30.1 Å². The van der Waals surface area contributed by atoms with E-state index in [-0.39, 0.29) is 36.2 Å². The number of hydrogen-bond acceptors (Lipinski definition) is 4. The summed E-state index contributed by atoms with van der Waals surface area (Å²) >= 11 is 0. The Morgan fingerprint density at radius 3 is 2.93 bits per heavy atom. The molecule has 2 fully saturated rings. The van der Waals surface area contributed by atoms with Crippen LogP contribution in [0.3, 0.4) is 0 Å². The topological polar surface area (TPSA) is 63.9 Å². The highest BCUT2D eigenvalue weighted by molar-refractivity contribution is 14.0. The van der Waals surface area contributed by atoms with Crippen molar-refractivity contribution in [2.24, 2.45) is 4.99 Å². The van der Waals surface area contributed by atoms with Gasteiger partial charge in [0, 0.05) is 39.8 Å². The zero-order valence-electron chi connectivity index (χ0n) is 16.4. The maximum absolute atomic E-state index is 5.94. The van der Waals surface area contributed by atoms with Crippen molar-refractivity contribution in [3.05, 3.63) is 30.6 Å².